The highest BCUT2D eigenvalue weighted by atomic mass is 35.5. The van der Waals surface area contributed by atoms with E-state index in [0.717, 1.165) is 6.42 Å². The van der Waals surface area contributed by atoms with E-state index in [9.17, 15) is 4.79 Å². The van der Waals surface area contributed by atoms with Crippen LogP contribution in [0.1, 0.15) is 31.9 Å². The molecule has 7 heteroatoms. The zero-order chi connectivity index (χ0) is 20.5. The standard InChI is InChI=1S/C21H25ClN2O4/c1-5-15-6-8-17(9-7-15)27-13-20(25)24-23-12-16-10-18(22)21(28-14(2)3)19(11-16)26-4/h6-12,14H,5,13H2,1-4H3,(H,24,25)/b23-12-. The highest BCUT2D eigenvalue weighted by Gasteiger charge is 2.13. The summed E-state index contributed by atoms with van der Waals surface area (Å²) in [5, 5.41) is 4.33. The van der Waals surface area contributed by atoms with Crippen molar-refractivity contribution in [1.82, 2.24) is 5.43 Å². The molecule has 6 nitrogen and oxygen atoms in total. The molecule has 0 aliphatic carbocycles. The van der Waals surface area contributed by atoms with Crippen molar-refractivity contribution in [3.05, 3.63) is 52.5 Å². The maximum absolute atomic E-state index is 11.9. The minimum Gasteiger partial charge on any atom is -0.493 e. The van der Waals surface area contributed by atoms with E-state index >= 15 is 0 Å². The fourth-order valence-electron chi connectivity index (χ4n) is 2.35. The average Bonchev–Trinajstić information content (AvgIpc) is 2.68. The molecule has 2 aromatic rings. The van der Waals surface area contributed by atoms with Crippen LogP contribution in [0.2, 0.25) is 5.02 Å². The van der Waals surface area contributed by atoms with Crippen LogP contribution >= 0.6 is 11.6 Å². The van der Waals surface area contributed by atoms with Gasteiger partial charge in [0.25, 0.3) is 5.91 Å². The number of ether oxygens (including phenoxy) is 3. The first kappa shape index (κ1) is 21.6. The lowest BCUT2D eigenvalue weighted by molar-refractivity contribution is -0.123. The van der Waals surface area contributed by atoms with Crippen molar-refractivity contribution < 1.29 is 19.0 Å². The van der Waals surface area contributed by atoms with Crippen molar-refractivity contribution >= 4 is 23.7 Å². The molecule has 0 heterocycles. The van der Waals surface area contributed by atoms with Crippen molar-refractivity contribution in [3.8, 4) is 17.2 Å². The summed E-state index contributed by atoms with van der Waals surface area (Å²) in [5.41, 5.74) is 4.29. The van der Waals surface area contributed by atoms with Gasteiger partial charge in [-0.25, -0.2) is 5.43 Å². The zero-order valence-electron chi connectivity index (χ0n) is 16.5. The van der Waals surface area contributed by atoms with Crippen LogP contribution in [-0.4, -0.2) is 31.9 Å². The SMILES string of the molecule is CCc1ccc(OCC(=O)N/N=C\c2cc(Cl)c(OC(C)C)c(OC)c2)cc1. The van der Waals surface area contributed by atoms with E-state index in [0.29, 0.717) is 27.8 Å². The Morgan fingerprint density at radius 3 is 2.57 bits per heavy atom. The van der Waals surface area contributed by atoms with Gasteiger partial charge in [-0.15, -0.1) is 0 Å². The van der Waals surface area contributed by atoms with Gasteiger partial charge in [0.2, 0.25) is 0 Å². The first-order valence-electron chi connectivity index (χ1n) is 9.00. The number of hydrazone groups is 1. The number of carbonyl (C=O) groups excluding carboxylic acids is 1. The Labute approximate surface area is 170 Å². The van der Waals surface area contributed by atoms with Gasteiger partial charge in [0, 0.05) is 0 Å². The van der Waals surface area contributed by atoms with Gasteiger partial charge in [-0.2, -0.15) is 5.10 Å². The van der Waals surface area contributed by atoms with E-state index in [1.54, 1.807) is 12.1 Å². The summed E-state index contributed by atoms with van der Waals surface area (Å²) in [6.07, 6.45) is 2.39. The molecule has 0 aliphatic rings. The molecule has 0 bridgehead atoms. The first-order valence-corrected chi connectivity index (χ1v) is 9.38. The van der Waals surface area contributed by atoms with Crippen LogP contribution in [0, 0.1) is 0 Å². The first-order chi connectivity index (χ1) is 13.4. The number of methoxy groups -OCH3 is 1. The van der Waals surface area contributed by atoms with Gasteiger partial charge >= 0.3 is 0 Å². The van der Waals surface area contributed by atoms with E-state index in [1.165, 1.54) is 18.9 Å². The number of benzene rings is 2. The second-order valence-electron chi connectivity index (χ2n) is 6.28. The fourth-order valence-corrected chi connectivity index (χ4v) is 2.61. The Kier molecular flexibility index (Phi) is 8.14. The molecule has 0 atom stereocenters. The maximum Gasteiger partial charge on any atom is 0.277 e. The van der Waals surface area contributed by atoms with Gasteiger partial charge < -0.3 is 14.2 Å². The molecule has 28 heavy (non-hydrogen) atoms. The number of nitrogens with zero attached hydrogens (tertiary/aromatic N) is 1. The van der Waals surface area contributed by atoms with Crippen LogP contribution in [0.15, 0.2) is 41.5 Å². The summed E-state index contributed by atoms with van der Waals surface area (Å²) in [7, 11) is 1.53. The molecule has 2 rings (SSSR count). The maximum atomic E-state index is 11.9. The Bertz CT molecular complexity index is 820. The summed E-state index contributed by atoms with van der Waals surface area (Å²) >= 11 is 6.26. The van der Waals surface area contributed by atoms with Crippen LogP contribution in [-0.2, 0) is 11.2 Å². The number of hydrogen-bond acceptors (Lipinski definition) is 5. The third-order valence-electron chi connectivity index (χ3n) is 3.71. The fraction of sp³-hybridized carbons (Fsp3) is 0.333. The van der Waals surface area contributed by atoms with Crippen LogP contribution in [0.4, 0.5) is 0 Å². The van der Waals surface area contributed by atoms with E-state index in [1.807, 2.05) is 38.1 Å². The van der Waals surface area contributed by atoms with Crippen LogP contribution in [0.5, 0.6) is 17.2 Å². The number of carbonyl (C=O) groups is 1. The minimum atomic E-state index is -0.367. The van der Waals surface area contributed by atoms with Gasteiger partial charge in [-0.05, 0) is 55.7 Å². The summed E-state index contributed by atoms with van der Waals surface area (Å²) < 4.78 is 16.4. The molecule has 0 saturated carbocycles. The van der Waals surface area contributed by atoms with Crippen molar-refractivity contribution in [2.45, 2.75) is 33.3 Å². The molecule has 1 N–H and O–H groups in total. The van der Waals surface area contributed by atoms with E-state index in [-0.39, 0.29) is 18.6 Å². The molecular weight excluding hydrogens is 380 g/mol. The molecule has 2 aromatic carbocycles. The predicted octanol–water partition coefficient (Wildman–Crippen LogP) is 4.23. The number of nitrogens with one attached hydrogen (secondary N) is 1. The van der Waals surface area contributed by atoms with E-state index in [4.69, 9.17) is 25.8 Å². The normalized spacial score (nSPS) is 10.9. The third kappa shape index (κ3) is 6.46. The highest BCUT2D eigenvalue weighted by molar-refractivity contribution is 6.32. The minimum absolute atomic E-state index is 0.0385. The molecular formula is C21H25ClN2O4. The Balaban J connectivity index is 1.92. The van der Waals surface area contributed by atoms with Gasteiger partial charge in [-0.1, -0.05) is 30.7 Å². The molecule has 0 fully saturated rings. The van der Waals surface area contributed by atoms with Crippen LogP contribution in [0.3, 0.4) is 0 Å². The Morgan fingerprint density at radius 1 is 1.25 bits per heavy atom. The largest absolute Gasteiger partial charge is 0.493 e. The lowest BCUT2D eigenvalue weighted by atomic mass is 10.2. The molecule has 150 valence electrons. The Morgan fingerprint density at radius 2 is 1.96 bits per heavy atom. The third-order valence-corrected chi connectivity index (χ3v) is 3.99. The van der Waals surface area contributed by atoms with Crippen molar-refractivity contribution in [2.24, 2.45) is 5.10 Å². The Hall–Kier alpha value is -2.73. The van der Waals surface area contributed by atoms with Gasteiger partial charge in [0.15, 0.2) is 18.1 Å². The molecule has 1 amide bonds. The second kappa shape index (κ2) is 10.6. The summed E-state index contributed by atoms with van der Waals surface area (Å²) in [6.45, 7) is 5.75. The quantitative estimate of drug-likeness (QED) is 0.501. The van der Waals surface area contributed by atoms with E-state index in [2.05, 4.69) is 17.5 Å². The summed E-state index contributed by atoms with van der Waals surface area (Å²) in [5.74, 6) is 1.23. The molecule has 0 radical (unpaired) electrons. The monoisotopic (exact) mass is 404 g/mol. The number of aryl methyl sites for hydroxylation is 1. The van der Waals surface area contributed by atoms with E-state index < -0.39 is 0 Å². The average molecular weight is 405 g/mol. The molecule has 0 aromatic heterocycles. The molecule has 0 saturated heterocycles. The molecule has 0 aliphatic heterocycles. The van der Waals surface area contributed by atoms with Crippen LogP contribution < -0.4 is 19.6 Å². The summed E-state index contributed by atoms with van der Waals surface area (Å²) in [6, 6.07) is 11.0. The topological polar surface area (TPSA) is 69.2 Å². The van der Waals surface area contributed by atoms with Gasteiger partial charge in [0.05, 0.1) is 24.5 Å². The van der Waals surface area contributed by atoms with Crippen LogP contribution in [0.25, 0.3) is 0 Å². The lowest BCUT2D eigenvalue weighted by Gasteiger charge is -2.15. The number of hydrogen-bond donors (Lipinski definition) is 1. The number of rotatable bonds is 9. The predicted molar refractivity (Wildman–Crippen MR) is 111 cm³/mol. The zero-order valence-corrected chi connectivity index (χ0v) is 17.2. The lowest BCUT2D eigenvalue weighted by Crippen LogP contribution is -2.24. The highest BCUT2D eigenvalue weighted by Crippen LogP contribution is 2.36. The number of amides is 1. The number of halogens is 1. The van der Waals surface area contributed by atoms with Crippen molar-refractivity contribution in [1.29, 1.82) is 0 Å². The van der Waals surface area contributed by atoms with Gasteiger partial charge in [-0.3, -0.25) is 4.79 Å². The smallest absolute Gasteiger partial charge is 0.277 e. The van der Waals surface area contributed by atoms with Gasteiger partial charge in [0.1, 0.15) is 5.75 Å². The summed E-state index contributed by atoms with van der Waals surface area (Å²) in [4.78, 5) is 11.9. The molecule has 0 spiro atoms. The van der Waals surface area contributed by atoms with Crippen molar-refractivity contribution in [3.63, 3.8) is 0 Å². The van der Waals surface area contributed by atoms with Crippen molar-refractivity contribution in [2.75, 3.05) is 13.7 Å². The molecule has 0 unspecified atom stereocenters. The second-order valence-corrected chi connectivity index (χ2v) is 6.69.